The Hall–Kier alpha value is -2.79. The Morgan fingerprint density at radius 1 is 1.16 bits per heavy atom. The lowest BCUT2D eigenvalue weighted by molar-refractivity contribution is -0.354. The number of carbonyl (C=O) groups is 1. The topological polar surface area (TPSA) is 64.4 Å². The van der Waals surface area contributed by atoms with Crippen LogP contribution in [0.5, 0.6) is 0 Å². The molecule has 0 radical (unpaired) electrons. The molecule has 0 unspecified atom stereocenters. The van der Waals surface area contributed by atoms with Gasteiger partial charge in [0.05, 0.1) is 12.2 Å². The molecule has 132 valence electrons. The van der Waals surface area contributed by atoms with E-state index in [9.17, 15) is 10.0 Å². The average molecular weight is 361 g/mol. The van der Waals surface area contributed by atoms with Gasteiger partial charge in [-0.15, -0.1) is 12.4 Å². The number of esters is 1. The zero-order valence-electron chi connectivity index (χ0n) is 14.1. The largest absolute Gasteiger partial charge is 0.618 e. The van der Waals surface area contributed by atoms with Crippen LogP contribution < -0.4 is 5.32 Å². The van der Waals surface area contributed by atoms with Gasteiger partial charge < -0.3 is 15.3 Å². The quantitative estimate of drug-likeness (QED) is 0.275. The molecular weight excluding hydrogens is 340 g/mol. The molecule has 0 atom stereocenters. The van der Waals surface area contributed by atoms with Crippen LogP contribution in [0.2, 0.25) is 0 Å². The molecule has 0 saturated heterocycles. The normalized spacial score (nSPS) is 11.0. The number of hydrogen-bond donors (Lipinski definition) is 1. The fourth-order valence-corrected chi connectivity index (χ4v) is 2.04. The van der Waals surface area contributed by atoms with Gasteiger partial charge in [-0.3, -0.25) is 0 Å². The van der Waals surface area contributed by atoms with Crippen molar-refractivity contribution in [2.75, 3.05) is 19.0 Å². The monoisotopic (exact) mass is 360 g/mol. The molecule has 2 aromatic rings. The van der Waals surface area contributed by atoms with Crippen LogP contribution in [-0.2, 0) is 4.74 Å². The molecule has 0 spiro atoms. The van der Waals surface area contributed by atoms with E-state index in [-0.39, 0.29) is 12.4 Å². The number of nitrogens with one attached hydrogen (secondary N) is 1. The zero-order valence-corrected chi connectivity index (χ0v) is 15.0. The fraction of sp³-hybridized carbons (Fsp3) is 0.158. The Labute approximate surface area is 153 Å². The molecule has 0 fully saturated rings. The molecule has 5 nitrogen and oxygen atoms in total. The molecule has 6 heteroatoms. The van der Waals surface area contributed by atoms with Gasteiger partial charge in [-0.05, 0) is 42.8 Å². The van der Waals surface area contributed by atoms with Crippen LogP contribution in [0.15, 0.2) is 54.6 Å². The number of allylic oxidation sites excluding steroid dienone is 1. The molecule has 25 heavy (non-hydrogen) atoms. The summed E-state index contributed by atoms with van der Waals surface area (Å²) in [6.45, 7) is 2.07. The molecule has 2 aromatic carbocycles. The number of hydrogen-bond acceptors (Lipinski definition) is 4. The van der Waals surface area contributed by atoms with Gasteiger partial charge in [0.2, 0.25) is 5.69 Å². The zero-order chi connectivity index (χ0) is 17.4. The van der Waals surface area contributed by atoms with Crippen molar-refractivity contribution in [1.29, 1.82) is 0 Å². The predicted octanol–water partition coefficient (Wildman–Crippen LogP) is 4.25. The van der Waals surface area contributed by atoms with Crippen molar-refractivity contribution >= 4 is 42.0 Å². The highest BCUT2D eigenvalue weighted by atomic mass is 35.5. The maximum Gasteiger partial charge on any atom is 0.338 e. The molecule has 0 aromatic heterocycles. The molecule has 0 aliphatic carbocycles. The second kappa shape index (κ2) is 10.2. The second-order valence-electron chi connectivity index (χ2n) is 4.97. The van der Waals surface area contributed by atoms with E-state index >= 15 is 0 Å². The van der Waals surface area contributed by atoms with Crippen LogP contribution in [0.1, 0.15) is 22.8 Å². The van der Waals surface area contributed by atoms with Crippen molar-refractivity contribution in [2.24, 2.45) is 0 Å². The molecule has 2 rings (SSSR count). The summed E-state index contributed by atoms with van der Waals surface area (Å²) in [5.41, 5.74) is 2.90. The molecule has 0 saturated carbocycles. The number of nitrogens with zero attached hydrogens (tertiary/aromatic N) is 1. The third-order valence-corrected chi connectivity index (χ3v) is 3.34. The number of anilines is 1. The van der Waals surface area contributed by atoms with E-state index in [2.05, 4.69) is 5.32 Å². The van der Waals surface area contributed by atoms with Gasteiger partial charge in [0.1, 0.15) is 0 Å². The van der Waals surface area contributed by atoms with Crippen LogP contribution in [0.3, 0.4) is 0 Å². The maximum absolute atomic E-state index is 12.0. The van der Waals surface area contributed by atoms with Crippen molar-refractivity contribution in [2.45, 2.75) is 6.92 Å². The van der Waals surface area contributed by atoms with Crippen LogP contribution in [0.4, 0.5) is 11.4 Å². The first-order chi connectivity index (χ1) is 11.6. The summed E-state index contributed by atoms with van der Waals surface area (Å²) in [6, 6.07) is 14.2. The van der Waals surface area contributed by atoms with Crippen molar-refractivity contribution in [3.63, 3.8) is 0 Å². The fourth-order valence-electron chi connectivity index (χ4n) is 2.04. The molecule has 1 N–H and O–H groups in total. The Morgan fingerprint density at radius 2 is 1.80 bits per heavy atom. The molecule has 0 aliphatic heterocycles. The molecule has 0 amide bonds. The smallest absolute Gasteiger partial charge is 0.338 e. The second-order valence-corrected chi connectivity index (χ2v) is 4.97. The van der Waals surface area contributed by atoms with Gasteiger partial charge in [-0.1, -0.05) is 12.1 Å². The third-order valence-electron chi connectivity index (χ3n) is 3.34. The maximum atomic E-state index is 12.0. The van der Waals surface area contributed by atoms with Crippen LogP contribution >= 0.6 is 12.4 Å². The van der Waals surface area contributed by atoms with Gasteiger partial charge in [0, 0.05) is 30.9 Å². The first kappa shape index (κ1) is 20.3. The number of halogens is 1. The van der Waals surface area contributed by atoms with E-state index in [4.69, 9.17) is 4.74 Å². The summed E-state index contributed by atoms with van der Waals surface area (Å²) >= 11 is 0. The number of rotatable bonds is 6. The van der Waals surface area contributed by atoms with Crippen molar-refractivity contribution in [3.05, 3.63) is 70.9 Å². The lowest BCUT2D eigenvalue weighted by Crippen LogP contribution is -2.04. The van der Waals surface area contributed by atoms with Gasteiger partial charge in [-0.25, -0.2) is 4.79 Å². The minimum absolute atomic E-state index is 0. The molecule has 0 heterocycles. The highest BCUT2D eigenvalue weighted by molar-refractivity contribution is 5.89. The predicted molar refractivity (Wildman–Crippen MR) is 104 cm³/mol. The van der Waals surface area contributed by atoms with Crippen LogP contribution in [0.25, 0.3) is 6.08 Å². The number of carbonyl (C=O) groups excluding carboxylic acids is 1. The van der Waals surface area contributed by atoms with Gasteiger partial charge in [-0.2, -0.15) is 4.74 Å². The van der Waals surface area contributed by atoms with Crippen molar-refractivity contribution < 1.29 is 14.3 Å². The van der Waals surface area contributed by atoms with E-state index in [1.807, 2.05) is 37.4 Å². The minimum Gasteiger partial charge on any atom is -0.618 e. The lowest BCUT2D eigenvalue weighted by atomic mass is 10.2. The van der Waals surface area contributed by atoms with E-state index in [1.54, 1.807) is 37.3 Å². The standard InChI is InChI=1S/C19H20N2O3.ClH/c1-3-24-19(22)16-8-12-18(13-9-16)21(23)14-4-5-15-6-10-17(20-2)11-7-15;/h4-14,20H,3H2,1-2H3;1H. The minimum atomic E-state index is -0.393. The van der Waals surface area contributed by atoms with E-state index < -0.39 is 5.97 Å². The summed E-state index contributed by atoms with van der Waals surface area (Å²) in [5, 5.41) is 15.1. The van der Waals surface area contributed by atoms with Crippen LogP contribution in [0, 0.1) is 5.21 Å². The van der Waals surface area contributed by atoms with Crippen molar-refractivity contribution in [3.8, 4) is 0 Å². The summed E-state index contributed by atoms with van der Waals surface area (Å²) in [5.74, 6) is -0.393. The number of benzene rings is 2. The summed E-state index contributed by atoms with van der Waals surface area (Å²) in [4.78, 5) is 11.6. The molecule has 0 aliphatic rings. The number of ether oxygens (including phenoxy) is 1. The Bertz CT molecular complexity index is 738. The molecule has 0 bridgehead atoms. The van der Waals surface area contributed by atoms with Gasteiger partial charge >= 0.3 is 5.97 Å². The van der Waals surface area contributed by atoms with E-state index in [1.165, 1.54) is 6.21 Å². The Kier molecular flexibility index (Phi) is 8.23. The summed E-state index contributed by atoms with van der Waals surface area (Å²) in [6.07, 6.45) is 4.95. The van der Waals surface area contributed by atoms with E-state index in [0.717, 1.165) is 16.0 Å². The van der Waals surface area contributed by atoms with Gasteiger partial charge in [0.15, 0.2) is 6.21 Å². The molecular formula is C19H21ClN2O3. The first-order valence-corrected chi connectivity index (χ1v) is 7.67. The van der Waals surface area contributed by atoms with E-state index in [0.29, 0.717) is 17.9 Å². The summed E-state index contributed by atoms with van der Waals surface area (Å²) in [7, 11) is 1.86. The SMILES string of the molecule is CCOC(=O)c1ccc([N+]([O-])=CC=Cc2ccc(NC)cc2)cc1.Cl. The highest BCUT2D eigenvalue weighted by Crippen LogP contribution is 2.13. The van der Waals surface area contributed by atoms with Gasteiger partial charge in [0.25, 0.3) is 0 Å². The summed E-state index contributed by atoms with van der Waals surface area (Å²) < 4.78 is 5.65. The van der Waals surface area contributed by atoms with Crippen molar-refractivity contribution in [1.82, 2.24) is 0 Å². The first-order valence-electron chi connectivity index (χ1n) is 7.67. The highest BCUT2D eigenvalue weighted by Gasteiger charge is 2.07. The Morgan fingerprint density at radius 3 is 2.36 bits per heavy atom. The van der Waals surface area contributed by atoms with Crippen LogP contribution in [-0.4, -0.2) is 30.6 Å². The Balaban J connectivity index is 0.00000312. The average Bonchev–Trinajstić information content (AvgIpc) is 2.62. The lowest BCUT2D eigenvalue weighted by Gasteiger charge is -2.04. The third kappa shape index (κ3) is 5.97.